The van der Waals surface area contributed by atoms with Gasteiger partial charge in [-0.05, 0) is 24.7 Å². The number of carbonyl (C=O) groups is 1. The molecule has 0 spiro atoms. The van der Waals surface area contributed by atoms with Crippen LogP contribution in [0, 0.1) is 17.8 Å². The van der Waals surface area contributed by atoms with Crippen molar-refractivity contribution in [2.45, 2.75) is 39.0 Å². The number of nitrogens with zero attached hydrogens (tertiary/aromatic N) is 1. The van der Waals surface area contributed by atoms with Crippen LogP contribution in [0.3, 0.4) is 0 Å². The smallest absolute Gasteiger partial charge is 0.317 e. The number of aliphatic hydroxyl groups excluding tert-OH is 1. The summed E-state index contributed by atoms with van der Waals surface area (Å²) >= 11 is 0. The van der Waals surface area contributed by atoms with Crippen LogP contribution in [0.1, 0.15) is 39.0 Å². The molecule has 104 valence electrons. The minimum Gasteiger partial charge on any atom is -0.396 e. The minimum atomic E-state index is 0.0590. The summed E-state index contributed by atoms with van der Waals surface area (Å²) in [6.07, 6.45) is 6.14. The van der Waals surface area contributed by atoms with Gasteiger partial charge < -0.3 is 15.3 Å². The second kappa shape index (κ2) is 6.41. The summed E-state index contributed by atoms with van der Waals surface area (Å²) in [5, 5.41) is 12.2. The molecule has 1 aliphatic carbocycles. The Hall–Kier alpha value is -0.770. The first-order valence-corrected chi connectivity index (χ1v) is 7.34. The predicted octanol–water partition coefficient (Wildman–Crippen LogP) is 1.84. The number of hydrogen-bond donors (Lipinski definition) is 2. The van der Waals surface area contributed by atoms with Crippen molar-refractivity contribution in [3.05, 3.63) is 0 Å². The van der Waals surface area contributed by atoms with Gasteiger partial charge in [-0.15, -0.1) is 0 Å². The van der Waals surface area contributed by atoms with Crippen LogP contribution >= 0.6 is 0 Å². The molecule has 1 saturated heterocycles. The van der Waals surface area contributed by atoms with Gasteiger partial charge in [-0.2, -0.15) is 0 Å². The Kier molecular flexibility index (Phi) is 4.87. The highest BCUT2D eigenvalue weighted by molar-refractivity contribution is 5.74. The van der Waals surface area contributed by atoms with Gasteiger partial charge in [-0.25, -0.2) is 4.79 Å². The van der Waals surface area contributed by atoms with Gasteiger partial charge in [0, 0.05) is 32.2 Å². The SMILES string of the molecule is CC1CCCCC1CNC(=O)N1CCC(CO)C1. The average molecular weight is 254 g/mol. The molecule has 2 N–H and O–H groups in total. The molecule has 18 heavy (non-hydrogen) atoms. The van der Waals surface area contributed by atoms with Crippen molar-refractivity contribution < 1.29 is 9.90 Å². The summed E-state index contributed by atoms with van der Waals surface area (Å²) in [5.74, 6) is 1.67. The monoisotopic (exact) mass is 254 g/mol. The molecule has 2 amide bonds. The molecule has 1 aliphatic heterocycles. The van der Waals surface area contributed by atoms with Crippen LogP contribution in [0.25, 0.3) is 0 Å². The third-order valence-electron chi connectivity index (χ3n) is 4.64. The Labute approximate surface area is 110 Å². The number of hydrogen-bond acceptors (Lipinski definition) is 2. The van der Waals surface area contributed by atoms with Crippen LogP contribution in [0.2, 0.25) is 0 Å². The van der Waals surface area contributed by atoms with Crippen molar-refractivity contribution in [3.63, 3.8) is 0 Å². The van der Waals surface area contributed by atoms with Crippen LogP contribution in [0.4, 0.5) is 4.79 Å². The molecule has 2 aliphatic rings. The average Bonchev–Trinajstić information content (AvgIpc) is 2.86. The number of aliphatic hydroxyl groups is 1. The van der Waals surface area contributed by atoms with Crippen molar-refractivity contribution in [1.29, 1.82) is 0 Å². The first-order chi connectivity index (χ1) is 8.70. The highest BCUT2D eigenvalue weighted by Crippen LogP contribution is 2.28. The van der Waals surface area contributed by atoms with E-state index in [4.69, 9.17) is 5.11 Å². The van der Waals surface area contributed by atoms with E-state index in [9.17, 15) is 4.79 Å². The number of rotatable bonds is 3. The molecular formula is C14H26N2O2. The first-order valence-electron chi connectivity index (χ1n) is 7.34. The second-order valence-corrected chi connectivity index (χ2v) is 5.99. The molecule has 1 heterocycles. The molecule has 3 atom stereocenters. The third kappa shape index (κ3) is 3.37. The lowest BCUT2D eigenvalue weighted by Gasteiger charge is -2.29. The van der Waals surface area contributed by atoms with E-state index < -0.39 is 0 Å². The van der Waals surface area contributed by atoms with E-state index in [1.807, 2.05) is 4.90 Å². The molecular weight excluding hydrogens is 228 g/mol. The van der Waals surface area contributed by atoms with Crippen molar-refractivity contribution in [1.82, 2.24) is 10.2 Å². The van der Waals surface area contributed by atoms with Crippen molar-refractivity contribution in [2.24, 2.45) is 17.8 Å². The second-order valence-electron chi connectivity index (χ2n) is 5.99. The van der Waals surface area contributed by atoms with Crippen molar-refractivity contribution in [2.75, 3.05) is 26.2 Å². The Bertz CT molecular complexity index is 283. The van der Waals surface area contributed by atoms with Crippen LogP contribution in [0.15, 0.2) is 0 Å². The summed E-state index contributed by atoms with van der Waals surface area (Å²) in [6, 6.07) is 0.0590. The third-order valence-corrected chi connectivity index (χ3v) is 4.64. The minimum absolute atomic E-state index is 0.0590. The molecule has 0 aromatic rings. The molecule has 4 heteroatoms. The van der Waals surface area contributed by atoms with E-state index in [1.54, 1.807) is 0 Å². The fourth-order valence-corrected chi connectivity index (χ4v) is 3.19. The van der Waals surface area contributed by atoms with Crippen LogP contribution in [-0.4, -0.2) is 42.3 Å². The highest BCUT2D eigenvalue weighted by Gasteiger charge is 2.27. The lowest BCUT2D eigenvalue weighted by Crippen LogP contribution is -2.42. The van der Waals surface area contributed by atoms with E-state index in [0.717, 1.165) is 25.4 Å². The van der Waals surface area contributed by atoms with Crippen molar-refractivity contribution in [3.8, 4) is 0 Å². The van der Waals surface area contributed by atoms with Gasteiger partial charge in [0.25, 0.3) is 0 Å². The Morgan fingerprint density at radius 1 is 1.33 bits per heavy atom. The Balaban J connectivity index is 1.71. The largest absolute Gasteiger partial charge is 0.396 e. The molecule has 1 saturated carbocycles. The van der Waals surface area contributed by atoms with Gasteiger partial charge in [0.05, 0.1) is 0 Å². The number of nitrogens with one attached hydrogen (secondary N) is 1. The summed E-state index contributed by atoms with van der Waals surface area (Å²) in [6.45, 7) is 4.82. The van der Waals surface area contributed by atoms with E-state index in [1.165, 1.54) is 25.7 Å². The topological polar surface area (TPSA) is 52.6 Å². The zero-order valence-electron chi connectivity index (χ0n) is 11.4. The van der Waals surface area contributed by atoms with Gasteiger partial charge in [0.15, 0.2) is 0 Å². The molecule has 4 nitrogen and oxygen atoms in total. The lowest BCUT2D eigenvalue weighted by molar-refractivity contribution is 0.190. The van der Waals surface area contributed by atoms with Crippen LogP contribution < -0.4 is 5.32 Å². The molecule has 3 unspecified atom stereocenters. The number of likely N-dealkylation sites (tertiary alicyclic amines) is 1. The standard InChI is InChI=1S/C14H26N2O2/c1-11-4-2-3-5-13(11)8-15-14(18)16-7-6-12(9-16)10-17/h11-13,17H,2-10H2,1H3,(H,15,18). The number of amides is 2. The molecule has 0 bridgehead atoms. The lowest BCUT2D eigenvalue weighted by atomic mass is 9.80. The van der Waals surface area contributed by atoms with Gasteiger partial charge in [0.1, 0.15) is 0 Å². The zero-order valence-corrected chi connectivity index (χ0v) is 11.4. The van der Waals surface area contributed by atoms with Gasteiger partial charge in [0.2, 0.25) is 0 Å². The van der Waals surface area contributed by atoms with Crippen LogP contribution in [-0.2, 0) is 0 Å². The van der Waals surface area contributed by atoms with Crippen molar-refractivity contribution >= 4 is 6.03 Å². The summed E-state index contributed by atoms with van der Waals surface area (Å²) in [5.41, 5.74) is 0. The Morgan fingerprint density at radius 2 is 2.11 bits per heavy atom. The Morgan fingerprint density at radius 3 is 2.78 bits per heavy atom. The fraction of sp³-hybridized carbons (Fsp3) is 0.929. The number of carbonyl (C=O) groups excluding carboxylic acids is 1. The molecule has 2 fully saturated rings. The fourth-order valence-electron chi connectivity index (χ4n) is 3.19. The van der Waals surface area contributed by atoms with Gasteiger partial charge >= 0.3 is 6.03 Å². The quantitative estimate of drug-likeness (QED) is 0.807. The van der Waals surface area contributed by atoms with E-state index in [-0.39, 0.29) is 18.6 Å². The van der Waals surface area contributed by atoms with Gasteiger partial charge in [-0.3, -0.25) is 0 Å². The maximum absolute atomic E-state index is 12.0. The highest BCUT2D eigenvalue weighted by atomic mass is 16.3. The van der Waals surface area contributed by atoms with E-state index in [0.29, 0.717) is 12.5 Å². The summed E-state index contributed by atoms with van der Waals surface area (Å²) in [4.78, 5) is 13.8. The van der Waals surface area contributed by atoms with Gasteiger partial charge in [-0.1, -0.05) is 26.2 Å². The van der Waals surface area contributed by atoms with E-state index >= 15 is 0 Å². The zero-order chi connectivity index (χ0) is 13.0. The summed E-state index contributed by atoms with van der Waals surface area (Å²) in [7, 11) is 0. The van der Waals surface area contributed by atoms with E-state index in [2.05, 4.69) is 12.2 Å². The predicted molar refractivity (Wildman–Crippen MR) is 71.3 cm³/mol. The maximum atomic E-state index is 12.0. The molecule has 0 radical (unpaired) electrons. The summed E-state index contributed by atoms with van der Waals surface area (Å²) < 4.78 is 0. The molecule has 0 aromatic heterocycles. The normalized spacial score (nSPS) is 32.6. The van der Waals surface area contributed by atoms with Crippen LogP contribution in [0.5, 0.6) is 0 Å². The molecule has 2 rings (SSSR count). The molecule has 0 aromatic carbocycles. The maximum Gasteiger partial charge on any atom is 0.317 e. The first kappa shape index (κ1) is 13.7. The number of urea groups is 1.